The lowest BCUT2D eigenvalue weighted by Crippen LogP contribution is -2.30. The highest BCUT2D eigenvalue weighted by Gasteiger charge is 2.38. The Morgan fingerprint density at radius 2 is 1.71 bits per heavy atom. The van der Waals surface area contributed by atoms with Gasteiger partial charge in [0.15, 0.2) is 5.76 Å². The summed E-state index contributed by atoms with van der Waals surface area (Å²) in [6.45, 7) is 0. The van der Waals surface area contributed by atoms with Crippen LogP contribution in [0.3, 0.4) is 0 Å². The molecule has 1 rings (SSSR count). The zero-order valence-corrected chi connectivity index (χ0v) is 9.40. The van der Waals surface area contributed by atoms with Gasteiger partial charge in [0.05, 0.1) is 11.7 Å². The molecule has 1 aromatic rings. The summed E-state index contributed by atoms with van der Waals surface area (Å²) in [6, 6.07) is 3.22. The molecule has 0 saturated heterocycles. The normalized spacial score (nSPS) is 9.94. The fraction of sp³-hybridized carbons (Fsp3) is 0.267. The highest BCUT2D eigenvalue weighted by molar-refractivity contribution is 5.98. The second kappa shape index (κ2) is 5.64. The molecule has 84 valence electrons. The van der Waals surface area contributed by atoms with Crippen LogP contribution < -0.4 is 0 Å². The Bertz CT molecular complexity index is 460. The van der Waals surface area contributed by atoms with Gasteiger partial charge in [-0.3, -0.25) is 4.79 Å². The third-order valence-electron chi connectivity index (χ3n) is 2.55. The molecule has 0 atom stereocenters. The van der Waals surface area contributed by atoms with Gasteiger partial charge in [0.1, 0.15) is 0 Å². The third-order valence-corrected chi connectivity index (χ3v) is 2.55. The molecule has 0 aliphatic heterocycles. The van der Waals surface area contributed by atoms with E-state index in [-0.39, 0.29) is 30.8 Å². The SMILES string of the molecule is C#CCC(CC#C)(CC#C)C(=O)c1ccco1. The first kappa shape index (κ1) is 12.7. The number of carbonyl (C=O) groups excluding carboxylic acids is 1. The first-order valence-corrected chi connectivity index (χ1v) is 5.09. The van der Waals surface area contributed by atoms with Crippen molar-refractivity contribution < 1.29 is 9.21 Å². The molecule has 0 fully saturated rings. The predicted molar refractivity (Wildman–Crippen MR) is 65.8 cm³/mol. The standard InChI is InChI=1S/C15H12O2/c1-4-9-15(10-5-2,11-6-3)14(16)13-8-7-12-17-13/h1-3,7-8,12H,9-11H2. The van der Waals surface area contributed by atoms with Crippen LogP contribution in [0.25, 0.3) is 0 Å². The molecule has 0 aromatic carbocycles. The van der Waals surface area contributed by atoms with Gasteiger partial charge in [-0.1, -0.05) is 0 Å². The van der Waals surface area contributed by atoms with Gasteiger partial charge >= 0.3 is 0 Å². The molecule has 0 bridgehead atoms. The van der Waals surface area contributed by atoms with Crippen LogP contribution in [-0.4, -0.2) is 5.78 Å². The van der Waals surface area contributed by atoms with E-state index in [2.05, 4.69) is 17.8 Å². The Morgan fingerprint density at radius 1 is 1.18 bits per heavy atom. The second-order valence-electron chi connectivity index (χ2n) is 3.73. The maximum atomic E-state index is 12.3. The summed E-state index contributed by atoms with van der Waals surface area (Å²) in [4.78, 5) is 12.3. The molecule has 0 aliphatic carbocycles. The van der Waals surface area contributed by atoms with Crippen molar-refractivity contribution in [3.8, 4) is 37.0 Å². The van der Waals surface area contributed by atoms with Gasteiger partial charge in [0.2, 0.25) is 5.78 Å². The van der Waals surface area contributed by atoms with E-state index in [9.17, 15) is 4.79 Å². The number of hydrogen-bond acceptors (Lipinski definition) is 2. The molecule has 0 saturated carbocycles. The number of terminal acetylenes is 3. The number of hydrogen-bond donors (Lipinski definition) is 0. The van der Waals surface area contributed by atoms with Crippen LogP contribution in [0.1, 0.15) is 29.8 Å². The monoisotopic (exact) mass is 224 g/mol. The van der Waals surface area contributed by atoms with Crippen LogP contribution in [0.2, 0.25) is 0 Å². The third kappa shape index (κ3) is 2.60. The highest BCUT2D eigenvalue weighted by atomic mass is 16.3. The Kier molecular flexibility index (Phi) is 4.21. The van der Waals surface area contributed by atoms with E-state index in [1.165, 1.54) is 6.26 Å². The molecule has 17 heavy (non-hydrogen) atoms. The fourth-order valence-corrected chi connectivity index (χ4v) is 1.68. The van der Waals surface area contributed by atoms with Crippen LogP contribution in [0.5, 0.6) is 0 Å². The predicted octanol–water partition coefficient (Wildman–Crippen LogP) is 2.52. The maximum Gasteiger partial charge on any atom is 0.206 e. The van der Waals surface area contributed by atoms with Gasteiger partial charge in [-0.2, -0.15) is 0 Å². The lowest BCUT2D eigenvalue weighted by Gasteiger charge is -2.25. The van der Waals surface area contributed by atoms with E-state index in [0.717, 1.165) is 0 Å². The minimum absolute atomic E-state index is 0.209. The van der Waals surface area contributed by atoms with E-state index in [1.54, 1.807) is 12.1 Å². The van der Waals surface area contributed by atoms with Crippen molar-refractivity contribution in [2.75, 3.05) is 0 Å². The molecule has 1 aromatic heterocycles. The van der Waals surface area contributed by atoms with Gasteiger partial charge in [0.25, 0.3) is 0 Å². The first-order valence-electron chi connectivity index (χ1n) is 5.09. The minimum atomic E-state index is -0.907. The van der Waals surface area contributed by atoms with Crippen LogP contribution >= 0.6 is 0 Å². The highest BCUT2D eigenvalue weighted by Crippen LogP contribution is 2.34. The van der Waals surface area contributed by atoms with E-state index in [1.807, 2.05) is 0 Å². The number of rotatable bonds is 5. The Balaban J connectivity index is 3.14. The largest absolute Gasteiger partial charge is 0.461 e. The molecular weight excluding hydrogens is 212 g/mol. The van der Waals surface area contributed by atoms with E-state index >= 15 is 0 Å². The van der Waals surface area contributed by atoms with Gasteiger partial charge < -0.3 is 4.42 Å². The van der Waals surface area contributed by atoms with Crippen molar-refractivity contribution in [1.29, 1.82) is 0 Å². The van der Waals surface area contributed by atoms with Gasteiger partial charge in [-0.05, 0) is 12.1 Å². The minimum Gasteiger partial charge on any atom is -0.461 e. The first-order chi connectivity index (χ1) is 8.20. The Labute approximate surface area is 101 Å². The molecule has 0 spiro atoms. The summed E-state index contributed by atoms with van der Waals surface area (Å²) in [5.41, 5.74) is -0.907. The summed E-state index contributed by atoms with van der Waals surface area (Å²) in [5.74, 6) is 7.42. The fourth-order valence-electron chi connectivity index (χ4n) is 1.68. The van der Waals surface area contributed by atoms with Crippen molar-refractivity contribution in [2.24, 2.45) is 5.41 Å². The van der Waals surface area contributed by atoms with E-state index < -0.39 is 5.41 Å². The van der Waals surface area contributed by atoms with Crippen LogP contribution in [0.15, 0.2) is 22.8 Å². The van der Waals surface area contributed by atoms with E-state index in [4.69, 9.17) is 23.7 Å². The smallest absolute Gasteiger partial charge is 0.206 e. The number of furan rings is 1. The van der Waals surface area contributed by atoms with Crippen molar-refractivity contribution in [2.45, 2.75) is 19.3 Å². The van der Waals surface area contributed by atoms with Crippen LogP contribution in [-0.2, 0) is 0 Å². The van der Waals surface area contributed by atoms with E-state index in [0.29, 0.717) is 0 Å². The lowest BCUT2D eigenvalue weighted by atomic mass is 9.74. The van der Waals surface area contributed by atoms with Crippen molar-refractivity contribution in [3.63, 3.8) is 0 Å². The summed E-state index contributed by atoms with van der Waals surface area (Å²) in [7, 11) is 0. The summed E-state index contributed by atoms with van der Waals surface area (Å²) >= 11 is 0. The quantitative estimate of drug-likeness (QED) is 0.568. The molecule has 0 aliphatic rings. The topological polar surface area (TPSA) is 30.2 Å². The van der Waals surface area contributed by atoms with Crippen LogP contribution in [0.4, 0.5) is 0 Å². The summed E-state index contributed by atoms with van der Waals surface area (Å²) in [6.07, 6.45) is 17.9. The summed E-state index contributed by atoms with van der Waals surface area (Å²) in [5, 5.41) is 0. The molecule has 0 N–H and O–H groups in total. The zero-order chi connectivity index (χ0) is 12.7. The van der Waals surface area contributed by atoms with Crippen LogP contribution in [0, 0.1) is 42.4 Å². The van der Waals surface area contributed by atoms with Gasteiger partial charge in [0, 0.05) is 19.3 Å². The van der Waals surface area contributed by atoms with Crippen molar-refractivity contribution in [3.05, 3.63) is 24.2 Å². The van der Waals surface area contributed by atoms with Crippen molar-refractivity contribution >= 4 is 5.78 Å². The average molecular weight is 224 g/mol. The zero-order valence-electron chi connectivity index (χ0n) is 9.40. The Morgan fingerprint density at radius 3 is 2.06 bits per heavy atom. The van der Waals surface area contributed by atoms with Crippen molar-refractivity contribution in [1.82, 2.24) is 0 Å². The number of ketones is 1. The maximum absolute atomic E-state index is 12.3. The molecule has 2 nitrogen and oxygen atoms in total. The molecular formula is C15H12O2. The molecule has 0 amide bonds. The molecule has 2 heteroatoms. The second-order valence-corrected chi connectivity index (χ2v) is 3.73. The lowest BCUT2D eigenvalue weighted by molar-refractivity contribution is 0.0777. The number of carbonyl (C=O) groups is 1. The number of Topliss-reactive ketones (excluding diaryl/α,β-unsaturated/α-hetero) is 1. The molecule has 1 heterocycles. The molecule has 0 radical (unpaired) electrons. The average Bonchev–Trinajstić information content (AvgIpc) is 2.82. The summed E-state index contributed by atoms with van der Waals surface area (Å²) < 4.78 is 5.08. The van der Waals surface area contributed by atoms with Gasteiger partial charge in [-0.15, -0.1) is 37.0 Å². The Hall–Kier alpha value is -2.37. The van der Waals surface area contributed by atoms with Gasteiger partial charge in [-0.25, -0.2) is 0 Å². The molecule has 0 unspecified atom stereocenters.